The lowest BCUT2D eigenvalue weighted by atomic mass is 10.1. The first-order valence-electron chi connectivity index (χ1n) is 7.50. The molecule has 0 unspecified atom stereocenters. The molecular weight excluding hydrogens is 330 g/mol. The third-order valence-electron chi connectivity index (χ3n) is 3.21. The number of benzene rings is 1. The van der Waals surface area contributed by atoms with Gasteiger partial charge in [-0.25, -0.2) is 9.86 Å². The summed E-state index contributed by atoms with van der Waals surface area (Å²) in [7, 11) is 4.10. The number of hydroxylamine groups is 2. The molecule has 0 aliphatic rings. The second-order valence-corrected chi connectivity index (χ2v) is 6.39. The summed E-state index contributed by atoms with van der Waals surface area (Å²) in [6.07, 6.45) is -0.618. The van der Waals surface area contributed by atoms with E-state index in [4.69, 9.17) is 9.57 Å². The molecule has 1 aromatic rings. The van der Waals surface area contributed by atoms with E-state index in [0.29, 0.717) is 0 Å². The van der Waals surface area contributed by atoms with E-state index in [2.05, 4.69) is 0 Å². The van der Waals surface area contributed by atoms with Gasteiger partial charge in [0.15, 0.2) is 0 Å². The van der Waals surface area contributed by atoms with Crippen molar-refractivity contribution in [3.8, 4) is 0 Å². The third-order valence-corrected chi connectivity index (χ3v) is 3.21. The molecule has 2 amide bonds. The molecule has 9 heteroatoms. The van der Waals surface area contributed by atoms with E-state index < -0.39 is 22.5 Å². The molecule has 0 aliphatic carbocycles. The number of nitrogens with zero attached hydrogens (tertiary/aromatic N) is 3. The normalized spacial score (nSPS) is 11.0. The van der Waals surface area contributed by atoms with Gasteiger partial charge in [0.2, 0.25) is 0 Å². The Bertz CT molecular complexity index is 668. The van der Waals surface area contributed by atoms with Crippen molar-refractivity contribution in [2.45, 2.75) is 32.9 Å². The van der Waals surface area contributed by atoms with Gasteiger partial charge in [0.1, 0.15) is 11.2 Å². The minimum atomic E-state index is -0.684. The number of ether oxygens (including phenoxy) is 1. The Morgan fingerprint density at radius 3 is 2.32 bits per heavy atom. The summed E-state index contributed by atoms with van der Waals surface area (Å²) in [6, 6.07) is 4.34. The Morgan fingerprint density at radius 2 is 1.84 bits per heavy atom. The van der Waals surface area contributed by atoms with Crippen LogP contribution in [-0.4, -0.2) is 53.7 Å². The number of hydrogen-bond donors (Lipinski definition) is 0. The van der Waals surface area contributed by atoms with Gasteiger partial charge in [0, 0.05) is 14.1 Å². The molecule has 0 saturated carbocycles. The first-order chi connectivity index (χ1) is 11.5. The number of carbonyl (C=O) groups is 2. The van der Waals surface area contributed by atoms with Crippen molar-refractivity contribution >= 4 is 17.7 Å². The van der Waals surface area contributed by atoms with Gasteiger partial charge < -0.3 is 9.64 Å². The topological polar surface area (TPSA) is 102 Å². The van der Waals surface area contributed by atoms with Crippen LogP contribution in [0.2, 0.25) is 0 Å². The minimum absolute atomic E-state index is 0.0803. The number of rotatable bonds is 5. The standard InChI is InChI=1S/C16H23N3O6/c1-16(2,3)25-15(21)17(4)10-11-8-7-9-12(13(11)19(22)23)14(20)18(5)24-6/h7-9H,10H2,1-6H3. The fourth-order valence-corrected chi connectivity index (χ4v) is 2.02. The van der Waals surface area contributed by atoms with Gasteiger partial charge in [-0.2, -0.15) is 0 Å². The first kappa shape index (κ1) is 20.4. The predicted octanol–water partition coefficient (Wildman–Crippen LogP) is 2.60. The molecule has 0 atom stereocenters. The molecule has 1 aromatic carbocycles. The molecule has 9 nitrogen and oxygen atoms in total. The lowest BCUT2D eigenvalue weighted by Gasteiger charge is -2.24. The Hall–Kier alpha value is -2.68. The predicted molar refractivity (Wildman–Crippen MR) is 89.9 cm³/mol. The minimum Gasteiger partial charge on any atom is -0.444 e. The summed E-state index contributed by atoms with van der Waals surface area (Å²) < 4.78 is 5.23. The number of amides is 2. The van der Waals surface area contributed by atoms with E-state index in [1.54, 1.807) is 20.8 Å². The fourth-order valence-electron chi connectivity index (χ4n) is 2.02. The molecule has 0 aromatic heterocycles. The molecule has 0 bridgehead atoms. The van der Waals surface area contributed by atoms with Gasteiger partial charge in [0.05, 0.1) is 24.1 Å². The van der Waals surface area contributed by atoms with E-state index in [1.807, 2.05) is 0 Å². The zero-order chi connectivity index (χ0) is 19.4. The summed E-state index contributed by atoms with van der Waals surface area (Å²) in [5.41, 5.74) is -0.957. The van der Waals surface area contributed by atoms with Crippen LogP contribution in [0, 0.1) is 10.1 Å². The third kappa shape index (κ3) is 5.42. The van der Waals surface area contributed by atoms with Gasteiger partial charge >= 0.3 is 6.09 Å². The number of nitro groups is 1. The van der Waals surface area contributed by atoms with Crippen LogP contribution < -0.4 is 0 Å². The Kier molecular flexibility index (Phi) is 6.46. The maximum atomic E-state index is 12.3. The smallest absolute Gasteiger partial charge is 0.410 e. The van der Waals surface area contributed by atoms with E-state index in [-0.39, 0.29) is 23.4 Å². The van der Waals surface area contributed by atoms with E-state index in [9.17, 15) is 19.7 Å². The highest BCUT2D eigenvalue weighted by Gasteiger charge is 2.28. The maximum absolute atomic E-state index is 12.3. The van der Waals surface area contributed by atoms with Gasteiger partial charge in [-0.1, -0.05) is 12.1 Å². The number of nitro benzene ring substituents is 1. The van der Waals surface area contributed by atoms with Crippen LogP contribution in [0.25, 0.3) is 0 Å². The Balaban J connectivity index is 3.18. The summed E-state index contributed by atoms with van der Waals surface area (Å²) in [4.78, 5) is 41.2. The number of carbonyl (C=O) groups excluding carboxylic acids is 2. The van der Waals surface area contributed by atoms with Crippen molar-refractivity contribution in [3.63, 3.8) is 0 Å². The molecular formula is C16H23N3O6. The average Bonchev–Trinajstić information content (AvgIpc) is 2.51. The van der Waals surface area contributed by atoms with Crippen LogP contribution in [0.1, 0.15) is 36.7 Å². The van der Waals surface area contributed by atoms with Crippen molar-refractivity contribution in [3.05, 3.63) is 39.4 Å². The quantitative estimate of drug-likeness (QED) is 0.595. The summed E-state index contributed by atoms with van der Waals surface area (Å²) in [5, 5.41) is 12.4. The van der Waals surface area contributed by atoms with Crippen LogP contribution in [0.4, 0.5) is 10.5 Å². The van der Waals surface area contributed by atoms with Gasteiger partial charge in [-0.15, -0.1) is 0 Å². The van der Waals surface area contributed by atoms with E-state index in [0.717, 1.165) is 5.06 Å². The maximum Gasteiger partial charge on any atom is 0.410 e. The average molecular weight is 353 g/mol. The van der Waals surface area contributed by atoms with Crippen molar-refractivity contribution < 1.29 is 24.1 Å². The molecule has 0 radical (unpaired) electrons. The van der Waals surface area contributed by atoms with Crippen LogP contribution in [0.3, 0.4) is 0 Å². The van der Waals surface area contributed by atoms with E-state index in [1.165, 1.54) is 44.3 Å². The van der Waals surface area contributed by atoms with Crippen LogP contribution in [0.15, 0.2) is 18.2 Å². The SMILES string of the molecule is CON(C)C(=O)c1cccc(CN(C)C(=O)OC(C)(C)C)c1[N+](=O)[O-]. The van der Waals surface area contributed by atoms with Crippen molar-refractivity contribution in [1.29, 1.82) is 0 Å². The largest absolute Gasteiger partial charge is 0.444 e. The molecule has 0 spiro atoms. The molecule has 25 heavy (non-hydrogen) atoms. The molecule has 0 fully saturated rings. The number of hydrogen-bond acceptors (Lipinski definition) is 6. The highest BCUT2D eigenvalue weighted by atomic mass is 16.7. The zero-order valence-electron chi connectivity index (χ0n) is 15.2. The molecule has 0 heterocycles. The van der Waals surface area contributed by atoms with E-state index >= 15 is 0 Å². The molecule has 0 aliphatic heterocycles. The lowest BCUT2D eigenvalue weighted by Crippen LogP contribution is -2.34. The van der Waals surface area contributed by atoms with Crippen LogP contribution in [-0.2, 0) is 16.1 Å². The summed E-state index contributed by atoms with van der Waals surface area (Å²) in [5.74, 6) is -0.657. The monoisotopic (exact) mass is 353 g/mol. The molecule has 1 rings (SSSR count). The zero-order valence-corrected chi connectivity index (χ0v) is 15.2. The van der Waals surface area contributed by atoms with Gasteiger partial charge in [0.25, 0.3) is 11.6 Å². The van der Waals surface area contributed by atoms with Gasteiger partial charge in [-0.05, 0) is 26.8 Å². The molecule has 0 saturated heterocycles. The summed E-state index contributed by atoms with van der Waals surface area (Å²) in [6.45, 7) is 5.09. The molecule has 0 N–H and O–H groups in total. The van der Waals surface area contributed by atoms with Crippen molar-refractivity contribution in [2.24, 2.45) is 0 Å². The first-order valence-corrected chi connectivity index (χ1v) is 7.50. The van der Waals surface area contributed by atoms with Gasteiger partial charge in [-0.3, -0.25) is 19.7 Å². The number of para-hydroxylation sites is 1. The summed E-state index contributed by atoms with van der Waals surface area (Å²) >= 11 is 0. The second kappa shape index (κ2) is 7.93. The second-order valence-electron chi connectivity index (χ2n) is 6.39. The van der Waals surface area contributed by atoms with Crippen LogP contribution >= 0.6 is 0 Å². The Labute approximate surface area is 146 Å². The lowest BCUT2D eigenvalue weighted by molar-refractivity contribution is -0.386. The van der Waals surface area contributed by atoms with Crippen LogP contribution in [0.5, 0.6) is 0 Å². The molecule has 138 valence electrons. The highest BCUT2D eigenvalue weighted by Crippen LogP contribution is 2.26. The van der Waals surface area contributed by atoms with Crippen molar-refractivity contribution in [2.75, 3.05) is 21.2 Å². The van der Waals surface area contributed by atoms with Crippen molar-refractivity contribution in [1.82, 2.24) is 9.96 Å². The Morgan fingerprint density at radius 1 is 1.24 bits per heavy atom. The fraction of sp³-hybridized carbons (Fsp3) is 0.500. The highest BCUT2D eigenvalue weighted by molar-refractivity contribution is 5.98.